The van der Waals surface area contributed by atoms with Gasteiger partial charge < -0.3 is 14.6 Å². The molecule has 0 aromatic heterocycles. The maximum absolute atomic E-state index is 10.7. The van der Waals surface area contributed by atoms with Crippen molar-refractivity contribution in [2.75, 3.05) is 14.2 Å². The van der Waals surface area contributed by atoms with Crippen LogP contribution in [0.2, 0.25) is 0 Å². The summed E-state index contributed by atoms with van der Waals surface area (Å²) in [4.78, 5) is 0. The Kier molecular flexibility index (Phi) is 2.76. The molecule has 0 heterocycles. The van der Waals surface area contributed by atoms with Crippen molar-refractivity contribution in [1.29, 1.82) is 0 Å². The average Bonchev–Trinajstić information content (AvgIpc) is 2.92. The molecule has 3 nitrogen and oxygen atoms in total. The number of fused-ring (bicyclic) bond motifs is 4. The van der Waals surface area contributed by atoms with Crippen LogP contribution in [0.3, 0.4) is 0 Å². The molecule has 1 N–H and O–H groups in total. The second kappa shape index (κ2) is 4.67. The van der Waals surface area contributed by atoms with Crippen LogP contribution in [0.5, 0.6) is 17.2 Å². The van der Waals surface area contributed by atoms with Gasteiger partial charge in [0.1, 0.15) is 17.2 Å². The summed E-state index contributed by atoms with van der Waals surface area (Å²) in [6.07, 6.45) is 0.723. The minimum Gasteiger partial charge on any atom is -0.507 e. The first-order chi connectivity index (χ1) is 10.7. The topological polar surface area (TPSA) is 38.7 Å². The molecule has 1 aliphatic carbocycles. The zero-order chi connectivity index (χ0) is 15.3. The van der Waals surface area contributed by atoms with Crippen LogP contribution in [-0.4, -0.2) is 19.3 Å². The van der Waals surface area contributed by atoms with E-state index in [4.69, 9.17) is 9.47 Å². The largest absolute Gasteiger partial charge is 0.507 e. The van der Waals surface area contributed by atoms with Crippen LogP contribution in [-0.2, 0) is 6.42 Å². The Hall–Kier alpha value is -2.68. The zero-order valence-electron chi connectivity index (χ0n) is 12.5. The van der Waals surface area contributed by atoms with Crippen molar-refractivity contribution >= 4 is 10.8 Å². The van der Waals surface area contributed by atoms with Crippen molar-refractivity contribution in [1.82, 2.24) is 0 Å². The molecule has 0 saturated carbocycles. The number of benzene rings is 3. The summed E-state index contributed by atoms with van der Waals surface area (Å²) in [6.45, 7) is 0. The van der Waals surface area contributed by atoms with Crippen molar-refractivity contribution in [2.45, 2.75) is 6.42 Å². The van der Waals surface area contributed by atoms with Gasteiger partial charge in [0.2, 0.25) is 0 Å². The van der Waals surface area contributed by atoms with E-state index in [1.165, 1.54) is 11.1 Å². The van der Waals surface area contributed by atoms with Crippen molar-refractivity contribution in [3.8, 4) is 28.4 Å². The molecule has 0 saturated heterocycles. The summed E-state index contributed by atoms with van der Waals surface area (Å²) < 4.78 is 10.6. The molecule has 0 amide bonds. The maximum Gasteiger partial charge on any atom is 0.127 e. The van der Waals surface area contributed by atoms with Crippen LogP contribution >= 0.6 is 0 Å². The van der Waals surface area contributed by atoms with Crippen molar-refractivity contribution in [3.05, 3.63) is 53.6 Å². The van der Waals surface area contributed by atoms with Gasteiger partial charge in [-0.2, -0.15) is 0 Å². The average molecular weight is 292 g/mol. The molecule has 3 aromatic carbocycles. The Balaban J connectivity index is 1.96. The van der Waals surface area contributed by atoms with Crippen LogP contribution in [0.25, 0.3) is 21.9 Å². The molecule has 110 valence electrons. The predicted octanol–water partition coefficient (Wildman–Crippen LogP) is 4.13. The molecule has 0 spiro atoms. The van der Waals surface area contributed by atoms with E-state index in [1.807, 2.05) is 30.3 Å². The fourth-order valence-corrected chi connectivity index (χ4v) is 3.24. The number of hydrogen-bond acceptors (Lipinski definition) is 3. The molecule has 0 aliphatic heterocycles. The Bertz CT molecular complexity index is 897. The number of phenolic OH excluding ortho intramolecular Hbond substituents is 1. The van der Waals surface area contributed by atoms with E-state index in [0.29, 0.717) is 5.75 Å². The maximum atomic E-state index is 10.7. The lowest BCUT2D eigenvalue weighted by Gasteiger charge is -2.09. The third kappa shape index (κ3) is 1.75. The van der Waals surface area contributed by atoms with Gasteiger partial charge in [-0.3, -0.25) is 0 Å². The number of phenols is 1. The highest BCUT2D eigenvalue weighted by Crippen LogP contribution is 2.46. The van der Waals surface area contributed by atoms with Gasteiger partial charge in [0.15, 0.2) is 0 Å². The quantitative estimate of drug-likeness (QED) is 0.603. The monoisotopic (exact) mass is 292 g/mol. The first-order valence-corrected chi connectivity index (χ1v) is 7.21. The number of hydrogen-bond donors (Lipinski definition) is 1. The van der Waals surface area contributed by atoms with Gasteiger partial charge in [-0.25, -0.2) is 0 Å². The fraction of sp³-hybridized carbons (Fsp3) is 0.158. The molecule has 22 heavy (non-hydrogen) atoms. The minimum absolute atomic E-state index is 0.349. The van der Waals surface area contributed by atoms with Gasteiger partial charge >= 0.3 is 0 Å². The summed E-state index contributed by atoms with van der Waals surface area (Å²) in [6, 6.07) is 14.0. The van der Waals surface area contributed by atoms with E-state index in [-0.39, 0.29) is 0 Å². The predicted molar refractivity (Wildman–Crippen MR) is 87.0 cm³/mol. The third-order valence-corrected chi connectivity index (χ3v) is 4.40. The second-order valence-corrected chi connectivity index (χ2v) is 5.54. The van der Waals surface area contributed by atoms with Gasteiger partial charge in [0, 0.05) is 17.4 Å². The molecule has 0 fully saturated rings. The lowest BCUT2D eigenvalue weighted by atomic mass is 9.99. The number of methoxy groups -OCH3 is 2. The summed E-state index contributed by atoms with van der Waals surface area (Å²) in [7, 11) is 3.30. The van der Waals surface area contributed by atoms with Crippen LogP contribution in [0, 0.1) is 0 Å². The molecule has 0 radical (unpaired) electrons. The summed E-state index contributed by atoms with van der Waals surface area (Å²) in [5, 5.41) is 12.5. The fourth-order valence-electron chi connectivity index (χ4n) is 3.24. The first kappa shape index (κ1) is 13.0. The zero-order valence-corrected chi connectivity index (χ0v) is 12.5. The van der Waals surface area contributed by atoms with E-state index in [1.54, 1.807) is 14.2 Å². The molecule has 3 aromatic rings. The number of aromatic hydroxyl groups is 1. The van der Waals surface area contributed by atoms with Crippen LogP contribution in [0.4, 0.5) is 0 Å². The summed E-state index contributed by atoms with van der Waals surface area (Å²) in [5.41, 5.74) is 4.44. The van der Waals surface area contributed by atoms with E-state index in [2.05, 4.69) is 12.1 Å². The van der Waals surface area contributed by atoms with E-state index in [9.17, 15) is 5.11 Å². The smallest absolute Gasteiger partial charge is 0.127 e. The lowest BCUT2D eigenvalue weighted by molar-refractivity contribution is 0.414. The molecule has 0 atom stereocenters. The van der Waals surface area contributed by atoms with Gasteiger partial charge in [0.25, 0.3) is 0 Å². The lowest BCUT2D eigenvalue weighted by Crippen LogP contribution is -1.87. The second-order valence-electron chi connectivity index (χ2n) is 5.54. The van der Waals surface area contributed by atoms with Gasteiger partial charge in [0.05, 0.1) is 14.2 Å². The molecular weight excluding hydrogens is 276 g/mol. The third-order valence-electron chi connectivity index (χ3n) is 4.40. The van der Waals surface area contributed by atoms with Crippen molar-refractivity contribution in [3.63, 3.8) is 0 Å². The van der Waals surface area contributed by atoms with Crippen molar-refractivity contribution < 1.29 is 14.6 Å². The van der Waals surface area contributed by atoms with Crippen LogP contribution < -0.4 is 9.47 Å². The van der Waals surface area contributed by atoms with Gasteiger partial charge in [-0.05, 0) is 52.4 Å². The van der Waals surface area contributed by atoms with Gasteiger partial charge in [-0.15, -0.1) is 0 Å². The minimum atomic E-state index is 0.349. The molecule has 0 bridgehead atoms. The Morgan fingerprint density at radius 1 is 0.864 bits per heavy atom. The Labute approximate surface area is 128 Å². The highest BCUT2D eigenvalue weighted by Gasteiger charge is 2.23. The summed E-state index contributed by atoms with van der Waals surface area (Å²) in [5.74, 6) is 1.94. The molecule has 0 unspecified atom stereocenters. The van der Waals surface area contributed by atoms with Crippen LogP contribution in [0.1, 0.15) is 11.1 Å². The SMILES string of the molecule is COc1ccc2c(c1)Cc1c-2cc2ccc(OC)cc2c1O. The number of ether oxygens (including phenoxy) is 2. The normalized spacial score (nSPS) is 12.1. The van der Waals surface area contributed by atoms with Crippen molar-refractivity contribution in [2.24, 2.45) is 0 Å². The molecular formula is C19H16O3. The molecule has 4 rings (SSSR count). The Morgan fingerprint density at radius 2 is 1.59 bits per heavy atom. The summed E-state index contributed by atoms with van der Waals surface area (Å²) >= 11 is 0. The first-order valence-electron chi connectivity index (χ1n) is 7.21. The molecule has 3 heteroatoms. The molecule has 1 aliphatic rings. The number of rotatable bonds is 2. The van der Waals surface area contributed by atoms with Gasteiger partial charge in [-0.1, -0.05) is 12.1 Å². The highest BCUT2D eigenvalue weighted by atomic mass is 16.5. The van der Waals surface area contributed by atoms with E-state index < -0.39 is 0 Å². The highest BCUT2D eigenvalue weighted by molar-refractivity contribution is 5.97. The Morgan fingerprint density at radius 3 is 2.36 bits per heavy atom. The van der Waals surface area contributed by atoms with Crippen LogP contribution in [0.15, 0.2) is 42.5 Å². The van der Waals surface area contributed by atoms with E-state index in [0.717, 1.165) is 39.8 Å². The van der Waals surface area contributed by atoms with E-state index >= 15 is 0 Å². The standard InChI is InChI=1S/C19H16O3/c1-21-13-5-6-15-12(7-13)9-18-17(15)8-11-3-4-14(22-2)10-16(11)19(18)20/h3-8,10,20H,9H2,1-2H3.